The Bertz CT molecular complexity index is 470. The summed E-state index contributed by atoms with van der Waals surface area (Å²) in [6.45, 7) is 1.88. The Morgan fingerprint density at radius 3 is 2.68 bits per heavy atom. The minimum Gasteiger partial charge on any atom is -0.481 e. The number of amides is 1. The molecule has 0 saturated heterocycles. The van der Waals surface area contributed by atoms with Crippen molar-refractivity contribution in [1.82, 2.24) is 4.98 Å². The summed E-state index contributed by atoms with van der Waals surface area (Å²) in [4.78, 5) is 27.2. The van der Waals surface area contributed by atoms with Crippen LogP contribution in [-0.4, -0.2) is 22.0 Å². The third-order valence-corrected chi connectivity index (χ3v) is 3.57. The van der Waals surface area contributed by atoms with E-state index in [1.807, 2.05) is 13.0 Å². The van der Waals surface area contributed by atoms with Crippen molar-refractivity contribution in [1.29, 1.82) is 0 Å². The molecule has 1 aliphatic carbocycles. The Morgan fingerprint density at radius 1 is 1.32 bits per heavy atom. The molecule has 2 N–H and O–H groups in total. The molecule has 5 heteroatoms. The molecule has 1 aliphatic rings. The van der Waals surface area contributed by atoms with Crippen molar-refractivity contribution >= 4 is 17.6 Å². The number of aliphatic carboxylic acids is 1. The van der Waals surface area contributed by atoms with Crippen LogP contribution in [0.3, 0.4) is 0 Å². The van der Waals surface area contributed by atoms with Crippen LogP contribution in [0.4, 0.5) is 5.69 Å². The number of aryl methyl sites for hydroxylation is 1. The molecule has 0 spiro atoms. The highest BCUT2D eigenvalue weighted by molar-refractivity contribution is 5.92. The van der Waals surface area contributed by atoms with Gasteiger partial charge in [-0.15, -0.1) is 0 Å². The van der Waals surface area contributed by atoms with Gasteiger partial charge in [-0.1, -0.05) is 6.42 Å². The molecular weight excluding hydrogens is 244 g/mol. The zero-order valence-electron chi connectivity index (χ0n) is 10.9. The number of rotatable bonds is 3. The second-order valence-corrected chi connectivity index (χ2v) is 5.08. The number of nitrogens with zero attached hydrogens (tertiary/aromatic N) is 1. The molecule has 19 heavy (non-hydrogen) atoms. The van der Waals surface area contributed by atoms with Crippen LogP contribution in [0.1, 0.15) is 31.4 Å². The molecule has 1 heterocycles. The molecule has 1 amide bonds. The van der Waals surface area contributed by atoms with Gasteiger partial charge in [0.1, 0.15) is 0 Å². The number of carboxylic acid groups (broad SMARTS) is 1. The molecule has 0 radical (unpaired) electrons. The standard InChI is InChI=1S/C14H18N2O3/c1-9-5-6-12(8-15-9)16-13(17)10-3-2-4-11(7-10)14(18)19/h5-6,8,10-11H,2-4,7H2,1H3,(H,16,17)(H,18,19). The average molecular weight is 262 g/mol. The summed E-state index contributed by atoms with van der Waals surface area (Å²) in [6, 6.07) is 3.63. The first kappa shape index (κ1) is 13.5. The molecule has 1 aromatic heterocycles. The second-order valence-electron chi connectivity index (χ2n) is 5.08. The fraction of sp³-hybridized carbons (Fsp3) is 0.500. The van der Waals surface area contributed by atoms with E-state index < -0.39 is 5.97 Å². The van der Waals surface area contributed by atoms with Crippen LogP contribution in [0.15, 0.2) is 18.3 Å². The molecule has 102 valence electrons. The fourth-order valence-corrected chi connectivity index (χ4v) is 2.44. The SMILES string of the molecule is Cc1ccc(NC(=O)C2CCCC(C(=O)O)C2)cn1. The summed E-state index contributed by atoms with van der Waals surface area (Å²) < 4.78 is 0. The van der Waals surface area contributed by atoms with Crippen LogP contribution < -0.4 is 5.32 Å². The summed E-state index contributed by atoms with van der Waals surface area (Å²) >= 11 is 0. The summed E-state index contributed by atoms with van der Waals surface area (Å²) in [5.74, 6) is -1.50. The van der Waals surface area contributed by atoms with Crippen LogP contribution in [0.5, 0.6) is 0 Å². The molecule has 1 fully saturated rings. The molecule has 0 aliphatic heterocycles. The third-order valence-electron chi connectivity index (χ3n) is 3.57. The molecule has 5 nitrogen and oxygen atoms in total. The third kappa shape index (κ3) is 3.53. The van der Waals surface area contributed by atoms with Crippen molar-refractivity contribution in [2.75, 3.05) is 5.32 Å². The summed E-state index contributed by atoms with van der Waals surface area (Å²) in [7, 11) is 0. The van der Waals surface area contributed by atoms with Gasteiger partial charge in [0.15, 0.2) is 0 Å². The van der Waals surface area contributed by atoms with Crippen molar-refractivity contribution in [3.05, 3.63) is 24.0 Å². The van der Waals surface area contributed by atoms with Crippen molar-refractivity contribution in [2.24, 2.45) is 11.8 Å². The Hall–Kier alpha value is -1.91. The lowest BCUT2D eigenvalue weighted by molar-refractivity contribution is -0.143. The molecule has 1 aromatic rings. The van der Waals surface area contributed by atoms with E-state index in [0.717, 1.165) is 18.5 Å². The number of nitrogens with one attached hydrogen (secondary N) is 1. The van der Waals surface area contributed by atoms with Gasteiger partial charge >= 0.3 is 5.97 Å². The lowest BCUT2D eigenvalue weighted by Gasteiger charge is -2.25. The van der Waals surface area contributed by atoms with E-state index in [1.54, 1.807) is 12.3 Å². The van der Waals surface area contributed by atoms with Gasteiger partial charge in [-0.2, -0.15) is 0 Å². The first-order valence-electron chi connectivity index (χ1n) is 6.52. The zero-order valence-corrected chi connectivity index (χ0v) is 10.9. The highest BCUT2D eigenvalue weighted by Crippen LogP contribution is 2.30. The topological polar surface area (TPSA) is 79.3 Å². The number of carbonyl (C=O) groups is 2. The Kier molecular flexibility index (Phi) is 4.14. The van der Waals surface area contributed by atoms with Gasteiger partial charge in [-0.25, -0.2) is 0 Å². The molecule has 2 unspecified atom stereocenters. The van der Waals surface area contributed by atoms with Crippen LogP contribution >= 0.6 is 0 Å². The second kappa shape index (κ2) is 5.82. The van der Waals surface area contributed by atoms with Crippen LogP contribution in [0.25, 0.3) is 0 Å². The molecule has 1 saturated carbocycles. The van der Waals surface area contributed by atoms with Gasteiger partial charge in [0.05, 0.1) is 17.8 Å². The van der Waals surface area contributed by atoms with Gasteiger partial charge in [0, 0.05) is 11.6 Å². The Balaban J connectivity index is 1.96. The average Bonchev–Trinajstić information content (AvgIpc) is 2.41. The van der Waals surface area contributed by atoms with Gasteiger partial charge in [0.25, 0.3) is 0 Å². The summed E-state index contributed by atoms with van der Waals surface area (Å²) in [6.07, 6.45) is 4.27. The maximum atomic E-state index is 12.1. The molecule has 2 rings (SSSR count). The molecule has 0 aromatic carbocycles. The number of carboxylic acids is 1. The van der Waals surface area contributed by atoms with Gasteiger partial charge in [-0.3, -0.25) is 14.6 Å². The van der Waals surface area contributed by atoms with Crippen LogP contribution in [0.2, 0.25) is 0 Å². The number of hydrogen-bond donors (Lipinski definition) is 2. The maximum absolute atomic E-state index is 12.1. The normalized spacial score (nSPS) is 22.8. The van der Waals surface area contributed by atoms with E-state index >= 15 is 0 Å². The first-order valence-corrected chi connectivity index (χ1v) is 6.52. The predicted molar refractivity (Wildman–Crippen MR) is 70.7 cm³/mol. The smallest absolute Gasteiger partial charge is 0.306 e. The number of aromatic nitrogens is 1. The summed E-state index contributed by atoms with van der Waals surface area (Å²) in [5, 5.41) is 11.8. The van der Waals surface area contributed by atoms with E-state index in [9.17, 15) is 9.59 Å². The highest BCUT2D eigenvalue weighted by Gasteiger charge is 2.30. The lowest BCUT2D eigenvalue weighted by Crippen LogP contribution is -2.30. The van der Waals surface area contributed by atoms with Crippen molar-refractivity contribution < 1.29 is 14.7 Å². The Labute approximate surface area is 112 Å². The fourth-order valence-electron chi connectivity index (χ4n) is 2.44. The van der Waals surface area contributed by atoms with Gasteiger partial charge in [0.2, 0.25) is 5.91 Å². The van der Waals surface area contributed by atoms with Crippen molar-refractivity contribution in [2.45, 2.75) is 32.6 Å². The quantitative estimate of drug-likeness (QED) is 0.875. The lowest BCUT2D eigenvalue weighted by atomic mass is 9.81. The van der Waals surface area contributed by atoms with Crippen LogP contribution in [0, 0.1) is 18.8 Å². The number of hydrogen-bond acceptors (Lipinski definition) is 3. The number of pyridine rings is 1. The van der Waals surface area contributed by atoms with Crippen LogP contribution in [-0.2, 0) is 9.59 Å². The zero-order chi connectivity index (χ0) is 13.8. The monoisotopic (exact) mass is 262 g/mol. The number of carbonyl (C=O) groups excluding carboxylic acids is 1. The summed E-state index contributed by atoms with van der Waals surface area (Å²) in [5.41, 5.74) is 1.55. The molecule has 0 bridgehead atoms. The number of anilines is 1. The van der Waals surface area contributed by atoms with E-state index in [0.29, 0.717) is 18.5 Å². The molecule has 2 atom stereocenters. The first-order chi connectivity index (χ1) is 9.06. The van der Waals surface area contributed by atoms with Crippen molar-refractivity contribution in [3.8, 4) is 0 Å². The predicted octanol–water partition coefficient (Wildman–Crippen LogP) is 2.22. The Morgan fingerprint density at radius 2 is 2.05 bits per heavy atom. The van der Waals surface area contributed by atoms with E-state index in [-0.39, 0.29) is 17.7 Å². The van der Waals surface area contributed by atoms with Gasteiger partial charge < -0.3 is 10.4 Å². The van der Waals surface area contributed by atoms with E-state index in [2.05, 4.69) is 10.3 Å². The maximum Gasteiger partial charge on any atom is 0.306 e. The minimum absolute atomic E-state index is 0.100. The highest BCUT2D eigenvalue weighted by atomic mass is 16.4. The minimum atomic E-state index is -0.797. The van der Waals surface area contributed by atoms with E-state index in [1.165, 1.54) is 0 Å². The van der Waals surface area contributed by atoms with E-state index in [4.69, 9.17) is 5.11 Å². The van der Waals surface area contributed by atoms with Crippen molar-refractivity contribution in [3.63, 3.8) is 0 Å². The largest absolute Gasteiger partial charge is 0.481 e. The molecular formula is C14H18N2O3. The van der Waals surface area contributed by atoms with Gasteiger partial charge in [-0.05, 0) is 38.3 Å².